The highest BCUT2D eigenvalue weighted by Crippen LogP contribution is 2.29. The molecule has 0 aliphatic carbocycles. The quantitative estimate of drug-likeness (QED) is 0.769. The molecule has 3 rings (SSSR count). The summed E-state index contributed by atoms with van der Waals surface area (Å²) in [5, 5.41) is 11.7. The van der Waals surface area contributed by atoms with Crippen LogP contribution < -0.4 is 5.32 Å². The highest BCUT2D eigenvalue weighted by molar-refractivity contribution is 14.1. The summed E-state index contributed by atoms with van der Waals surface area (Å²) in [6.45, 7) is 1.91. The van der Waals surface area contributed by atoms with Crippen LogP contribution in [0.1, 0.15) is 11.3 Å². The molecule has 17 heavy (non-hydrogen) atoms. The van der Waals surface area contributed by atoms with Crippen molar-refractivity contribution < 1.29 is 0 Å². The largest absolute Gasteiger partial charge is 0.312 e. The van der Waals surface area contributed by atoms with Crippen LogP contribution in [0.15, 0.2) is 18.2 Å². The molecule has 1 aromatic carbocycles. The number of nitrogens with one attached hydrogen (secondary N) is 2. The lowest BCUT2D eigenvalue weighted by Crippen LogP contribution is -2.23. The summed E-state index contributed by atoms with van der Waals surface area (Å²) in [6, 6.07) is 6.03. The Bertz CT molecular complexity index is 565. The Morgan fingerprint density at radius 1 is 1.35 bits per heavy atom. The number of aromatic nitrogens is 2. The van der Waals surface area contributed by atoms with E-state index in [9.17, 15) is 0 Å². The summed E-state index contributed by atoms with van der Waals surface area (Å²) in [4.78, 5) is 0. The zero-order valence-corrected chi connectivity index (χ0v) is 12.0. The Labute approximate surface area is 118 Å². The van der Waals surface area contributed by atoms with Crippen LogP contribution in [0.3, 0.4) is 0 Å². The van der Waals surface area contributed by atoms with E-state index in [1.807, 2.05) is 12.1 Å². The van der Waals surface area contributed by atoms with Crippen molar-refractivity contribution in [1.82, 2.24) is 15.5 Å². The van der Waals surface area contributed by atoms with Gasteiger partial charge >= 0.3 is 0 Å². The van der Waals surface area contributed by atoms with Crippen LogP contribution in [0, 0.1) is 3.57 Å². The zero-order chi connectivity index (χ0) is 11.8. The van der Waals surface area contributed by atoms with Crippen LogP contribution in [0.4, 0.5) is 0 Å². The van der Waals surface area contributed by atoms with Gasteiger partial charge in [-0.3, -0.25) is 5.10 Å². The van der Waals surface area contributed by atoms with Gasteiger partial charge in [0.25, 0.3) is 0 Å². The molecule has 2 aromatic rings. The van der Waals surface area contributed by atoms with Gasteiger partial charge in [0, 0.05) is 39.9 Å². The standard InChI is InChI=1S/C12H11ClIN3/c13-9-2-1-7(5-10(9)14)12-8-6-15-4-3-11(8)16-17-12/h1-2,5,15H,3-4,6H2,(H,16,17). The van der Waals surface area contributed by atoms with E-state index in [2.05, 4.69) is 44.2 Å². The van der Waals surface area contributed by atoms with Gasteiger partial charge < -0.3 is 5.32 Å². The first kappa shape index (κ1) is 11.5. The van der Waals surface area contributed by atoms with E-state index < -0.39 is 0 Å². The molecule has 5 heteroatoms. The van der Waals surface area contributed by atoms with Crippen molar-refractivity contribution in [2.45, 2.75) is 13.0 Å². The predicted octanol–water partition coefficient (Wildman–Crippen LogP) is 2.98. The van der Waals surface area contributed by atoms with Gasteiger partial charge in [-0.05, 0) is 34.7 Å². The number of aromatic amines is 1. The third kappa shape index (κ3) is 2.09. The fourth-order valence-electron chi connectivity index (χ4n) is 2.11. The van der Waals surface area contributed by atoms with Crippen molar-refractivity contribution in [1.29, 1.82) is 0 Å². The van der Waals surface area contributed by atoms with Crippen molar-refractivity contribution in [3.05, 3.63) is 38.0 Å². The zero-order valence-electron chi connectivity index (χ0n) is 9.06. The number of hydrogen-bond acceptors (Lipinski definition) is 2. The molecule has 0 spiro atoms. The molecule has 1 aliphatic rings. The molecule has 0 saturated carbocycles. The van der Waals surface area contributed by atoms with E-state index in [0.717, 1.165) is 39.4 Å². The maximum absolute atomic E-state index is 6.04. The molecule has 0 saturated heterocycles. The van der Waals surface area contributed by atoms with Gasteiger partial charge in [0.2, 0.25) is 0 Å². The molecule has 2 N–H and O–H groups in total. The van der Waals surface area contributed by atoms with Gasteiger partial charge in [-0.25, -0.2) is 0 Å². The highest BCUT2D eigenvalue weighted by Gasteiger charge is 2.17. The van der Waals surface area contributed by atoms with E-state index in [1.165, 1.54) is 11.3 Å². The third-order valence-corrected chi connectivity index (χ3v) is 4.54. The summed E-state index contributed by atoms with van der Waals surface area (Å²) >= 11 is 8.28. The van der Waals surface area contributed by atoms with Crippen molar-refractivity contribution >= 4 is 34.2 Å². The molecule has 0 radical (unpaired) electrons. The van der Waals surface area contributed by atoms with E-state index >= 15 is 0 Å². The van der Waals surface area contributed by atoms with Gasteiger partial charge in [-0.1, -0.05) is 17.7 Å². The second-order valence-electron chi connectivity index (χ2n) is 4.08. The third-order valence-electron chi connectivity index (χ3n) is 3.00. The lowest BCUT2D eigenvalue weighted by atomic mass is 10.0. The molecular weight excluding hydrogens is 349 g/mol. The smallest absolute Gasteiger partial charge is 0.0968 e. The second kappa shape index (κ2) is 4.59. The second-order valence-corrected chi connectivity index (χ2v) is 5.65. The summed E-state index contributed by atoms with van der Waals surface area (Å²) in [5.41, 5.74) is 4.71. The summed E-state index contributed by atoms with van der Waals surface area (Å²) < 4.78 is 1.06. The number of fused-ring (bicyclic) bond motifs is 1. The van der Waals surface area contributed by atoms with E-state index in [4.69, 9.17) is 11.6 Å². The van der Waals surface area contributed by atoms with Crippen LogP contribution in [0.25, 0.3) is 11.3 Å². The molecule has 1 aromatic heterocycles. The van der Waals surface area contributed by atoms with Crippen molar-refractivity contribution in [2.75, 3.05) is 6.54 Å². The van der Waals surface area contributed by atoms with Gasteiger partial charge in [0.1, 0.15) is 0 Å². The maximum atomic E-state index is 6.04. The van der Waals surface area contributed by atoms with E-state index in [0.29, 0.717) is 0 Å². The van der Waals surface area contributed by atoms with Crippen molar-refractivity contribution in [3.63, 3.8) is 0 Å². The molecule has 1 aliphatic heterocycles. The Kier molecular flexibility index (Phi) is 3.10. The maximum Gasteiger partial charge on any atom is 0.0968 e. The minimum Gasteiger partial charge on any atom is -0.312 e. The number of nitrogens with zero attached hydrogens (tertiary/aromatic N) is 1. The number of H-pyrrole nitrogens is 1. The Morgan fingerprint density at radius 3 is 3.06 bits per heavy atom. The molecule has 0 unspecified atom stereocenters. The monoisotopic (exact) mass is 359 g/mol. The average molecular weight is 360 g/mol. The van der Waals surface area contributed by atoms with Crippen LogP contribution in [-0.2, 0) is 13.0 Å². The van der Waals surface area contributed by atoms with Crippen LogP contribution in [0.5, 0.6) is 0 Å². The van der Waals surface area contributed by atoms with Crippen molar-refractivity contribution in [2.24, 2.45) is 0 Å². The van der Waals surface area contributed by atoms with Gasteiger partial charge in [-0.15, -0.1) is 0 Å². The lowest BCUT2D eigenvalue weighted by Gasteiger charge is -2.13. The normalized spacial score (nSPS) is 14.7. The highest BCUT2D eigenvalue weighted by atomic mass is 127. The van der Waals surface area contributed by atoms with Crippen molar-refractivity contribution in [3.8, 4) is 11.3 Å². The molecule has 2 heterocycles. The van der Waals surface area contributed by atoms with E-state index in [-0.39, 0.29) is 0 Å². The summed E-state index contributed by atoms with van der Waals surface area (Å²) in [6.07, 6.45) is 1.02. The summed E-state index contributed by atoms with van der Waals surface area (Å²) in [5.74, 6) is 0. The number of halogens is 2. The average Bonchev–Trinajstić information content (AvgIpc) is 2.76. The SMILES string of the molecule is Clc1ccc(-c2n[nH]c3c2CNCC3)cc1I. The fourth-order valence-corrected chi connectivity index (χ4v) is 2.74. The topological polar surface area (TPSA) is 40.7 Å². The Balaban J connectivity index is 2.09. The van der Waals surface area contributed by atoms with Crippen LogP contribution in [0.2, 0.25) is 5.02 Å². The molecule has 0 bridgehead atoms. The number of hydrogen-bond donors (Lipinski definition) is 2. The fraction of sp³-hybridized carbons (Fsp3) is 0.250. The van der Waals surface area contributed by atoms with Gasteiger partial charge in [0.15, 0.2) is 0 Å². The summed E-state index contributed by atoms with van der Waals surface area (Å²) in [7, 11) is 0. The number of benzene rings is 1. The Morgan fingerprint density at radius 2 is 2.24 bits per heavy atom. The first-order valence-corrected chi connectivity index (χ1v) is 6.93. The molecule has 0 atom stereocenters. The molecule has 0 amide bonds. The first-order valence-electron chi connectivity index (χ1n) is 5.48. The molecular formula is C12H11ClIN3. The lowest BCUT2D eigenvalue weighted by molar-refractivity contribution is 0.637. The van der Waals surface area contributed by atoms with Gasteiger partial charge in [0.05, 0.1) is 10.7 Å². The predicted molar refractivity (Wildman–Crippen MR) is 77.2 cm³/mol. The molecule has 0 fully saturated rings. The minimum atomic E-state index is 0.789. The molecule has 3 nitrogen and oxygen atoms in total. The van der Waals surface area contributed by atoms with Gasteiger partial charge in [-0.2, -0.15) is 5.10 Å². The van der Waals surface area contributed by atoms with Crippen LogP contribution in [-0.4, -0.2) is 16.7 Å². The number of rotatable bonds is 1. The minimum absolute atomic E-state index is 0.789. The first-order chi connectivity index (χ1) is 8.25. The van der Waals surface area contributed by atoms with E-state index in [1.54, 1.807) is 0 Å². The molecule has 88 valence electrons. The Hall–Kier alpha value is -0.590. The van der Waals surface area contributed by atoms with Crippen LogP contribution >= 0.6 is 34.2 Å².